The van der Waals surface area contributed by atoms with E-state index in [0.29, 0.717) is 6.42 Å². The van der Waals surface area contributed by atoms with Crippen molar-refractivity contribution in [3.63, 3.8) is 0 Å². The minimum Gasteiger partial charge on any atom is -0.326 e. The summed E-state index contributed by atoms with van der Waals surface area (Å²) < 4.78 is 0. The van der Waals surface area contributed by atoms with Gasteiger partial charge in [-0.1, -0.05) is 24.3 Å². The second-order valence-electron chi connectivity index (χ2n) is 5.90. The fourth-order valence-corrected chi connectivity index (χ4v) is 3.17. The molecule has 0 bridgehead atoms. The number of hydrogen-bond donors (Lipinski definition) is 1. The second-order valence-corrected chi connectivity index (χ2v) is 5.90. The average Bonchev–Trinajstić information content (AvgIpc) is 2.52. The van der Waals surface area contributed by atoms with E-state index < -0.39 is 0 Å². The normalized spacial score (nSPS) is 13.3. The fourth-order valence-electron chi connectivity index (χ4n) is 3.17. The molecule has 1 aliphatic carbocycles. The predicted octanol–water partition coefficient (Wildman–Crippen LogP) is 2.49. The van der Waals surface area contributed by atoms with Crippen molar-refractivity contribution in [3.8, 4) is 0 Å². The monoisotopic (exact) mass is 301 g/mol. The Hall–Kier alpha value is -2.94. The minimum absolute atomic E-state index is 0.0750. The van der Waals surface area contributed by atoms with Gasteiger partial charge in [0.15, 0.2) is 5.78 Å². The van der Waals surface area contributed by atoms with Gasteiger partial charge in [-0.15, -0.1) is 0 Å². The largest absolute Gasteiger partial charge is 0.326 e. The third-order valence-electron chi connectivity index (χ3n) is 4.20. The highest BCUT2D eigenvalue weighted by molar-refractivity contribution is 6.12. The Labute approximate surface area is 132 Å². The molecule has 0 unspecified atom stereocenters. The van der Waals surface area contributed by atoms with Crippen LogP contribution in [0.25, 0.3) is 33.7 Å². The zero-order chi connectivity index (χ0) is 16.0. The number of benzene rings is 3. The standard InChI is InChI=1S/C20H15NO2/c1-12(22)21-17-5-7-19-15(9-17)3-2-14-8-16-10-18(23)6-4-13(16)11-20(14)19/h2-5,7-11H,6H2,1H3,(H,21,22). The van der Waals surface area contributed by atoms with Gasteiger partial charge >= 0.3 is 0 Å². The molecule has 0 heterocycles. The molecule has 3 aromatic carbocycles. The molecule has 0 saturated carbocycles. The number of nitrogens with one attached hydrogen (secondary N) is 1. The van der Waals surface area contributed by atoms with Gasteiger partial charge in [0.1, 0.15) is 0 Å². The Bertz CT molecular complexity index is 1110. The maximum Gasteiger partial charge on any atom is 0.221 e. The Kier molecular flexibility index (Phi) is 3.01. The smallest absolute Gasteiger partial charge is 0.221 e. The molecule has 0 saturated heterocycles. The summed E-state index contributed by atoms with van der Waals surface area (Å²) in [5.41, 5.74) is 0.799. The Balaban J connectivity index is 2.00. The van der Waals surface area contributed by atoms with Crippen LogP contribution in [0.3, 0.4) is 0 Å². The van der Waals surface area contributed by atoms with Crippen molar-refractivity contribution in [3.05, 3.63) is 52.9 Å². The van der Waals surface area contributed by atoms with E-state index in [2.05, 4.69) is 23.5 Å². The maximum atomic E-state index is 11.6. The summed E-state index contributed by atoms with van der Waals surface area (Å²) in [5.74, 6) is 0.0756. The summed E-state index contributed by atoms with van der Waals surface area (Å²) in [7, 11) is 0. The van der Waals surface area contributed by atoms with Crippen LogP contribution in [0.2, 0.25) is 0 Å². The first-order valence-corrected chi connectivity index (χ1v) is 7.59. The van der Waals surface area contributed by atoms with Crippen molar-refractivity contribution in [1.82, 2.24) is 0 Å². The lowest BCUT2D eigenvalue weighted by Gasteiger charge is -2.08. The number of ketones is 1. The summed E-state index contributed by atoms with van der Waals surface area (Å²) >= 11 is 0. The summed E-state index contributed by atoms with van der Waals surface area (Å²) in [6, 6.07) is 14.3. The van der Waals surface area contributed by atoms with Crippen LogP contribution in [0, 0.1) is 0 Å². The van der Waals surface area contributed by atoms with Gasteiger partial charge < -0.3 is 5.32 Å². The second kappa shape index (κ2) is 5.06. The van der Waals surface area contributed by atoms with Crippen molar-refractivity contribution in [2.45, 2.75) is 13.3 Å². The molecule has 0 fully saturated rings. The molecule has 0 aliphatic heterocycles. The predicted molar refractivity (Wildman–Crippen MR) is 93.6 cm³/mol. The summed E-state index contributed by atoms with van der Waals surface area (Å²) in [4.78, 5) is 22.8. The number of rotatable bonds is 1. The molecule has 1 aliphatic rings. The van der Waals surface area contributed by atoms with E-state index in [-0.39, 0.29) is 11.7 Å². The SMILES string of the molecule is CC(=O)Nc1ccc2c(ccc3cc4c(cc32)=CCC(=O)C=4)c1. The highest BCUT2D eigenvalue weighted by atomic mass is 16.1. The molecule has 0 radical (unpaired) electrons. The molecular weight excluding hydrogens is 286 g/mol. The summed E-state index contributed by atoms with van der Waals surface area (Å²) in [6.07, 6.45) is 4.18. The molecule has 0 aromatic heterocycles. The van der Waals surface area contributed by atoms with Gasteiger partial charge in [-0.3, -0.25) is 9.59 Å². The third-order valence-corrected chi connectivity index (χ3v) is 4.20. The summed E-state index contributed by atoms with van der Waals surface area (Å²) in [6.45, 7) is 1.50. The highest BCUT2D eigenvalue weighted by Crippen LogP contribution is 2.26. The van der Waals surface area contributed by atoms with E-state index >= 15 is 0 Å². The van der Waals surface area contributed by atoms with Crippen molar-refractivity contribution in [1.29, 1.82) is 0 Å². The number of amides is 1. The van der Waals surface area contributed by atoms with Crippen LogP contribution in [0.5, 0.6) is 0 Å². The van der Waals surface area contributed by atoms with Crippen molar-refractivity contribution in [2.75, 3.05) is 5.32 Å². The van der Waals surface area contributed by atoms with Crippen molar-refractivity contribution in [2.24, 2.45) is 0 Å². The van der Waals surface area contributed by atoms with Gasteiger partial charge in [0.05, 0.1) is 0 Å². The van der Waals surface area contributed by atoms with Crippen LogP contribution in [0.15, 0.2) is 42.5 Å². The first-order chi connectivity index (χ1) is 11.1. The number of fused-ring (bicyclic) bond motifs is 4. The van der Waals surface area contributed by atoms with Crippen LogP contribution in [0.4, 0.5) is 5.69 Å². The first-order valence-electron chi connectivity index (χ1n) is 7.59. The van der Waals surface area contributed by atoms with Gasteiger partial charge in [0, 0.05) is 19.0 Å². The van der Waals surface area contributed by atoms with E-state index in [9.17, 15) is 9.59 Å². The molecule has 3 aromatic rings. The molecule has 1 N–H and O–H groups in total. The van der Waals surface area contributed by atoms with Crippen molar-refractivity contribution < 1.29 is 9.59 Å². The fraction of sp³-hybridized carbons (Fsp3) is 0.100. The van der Waals surface area contributed by atoms with Crippen LogP contribution < -0.4 is 15.8 Å². The Morgan fingerprint density at radius 3 is 2.52 bits per heavy atom. The maximum absolute atomic E-state index is 11.6. The molecule has 0 atom stereocenters. The minimum atomic E-state index is -0.0750. The lowest BCUT2D eigenvalue weighted by atomic mass is 9.97. The first kappa shape index (κ1) is 13.7. The van der Waals surface area contributed by atoms with Crippen LogP contribution in [-0.2, 0) is 9.59 Å². The van der Waals surface area contributed by atoms with E-state index in [1.54, 1.807) is 6.08 Å². The lowest BCUT2D eigenvalue weighted by Crippen LogP contribution is -2.28. The highest BCUT2D eigenvalue weighted by Gasteiger charge is 2.06. The van der Waals surface area contributed by atoms with E-state index in [1.807, 2.05) is 30.3 Å². The number of Topliss-reactive ketones (excluding diaryl/α,β-unsaturated/α-hetero) is 1. The zero-order valence-corrected chi connectivity index (χ0v) is 12.7. The molecule has 112 valence electrons. The number of hydrogen-bond acceptors (Lipinski definition) is 2. The topological polar surface area (TPSA) is 46.2 Å². The van der Waals surface area contributed by atoms with E-state index in [4.69, 9.17) is 0 Å². The van der Waals surface area contributed by atoms with Gasteiger partial charge in [0.25, 0.3) is 0 Å². The van der Waals surface area contributed by atoms with Crippen LogP contribution in [0.1, 0.15) is 13.3 Å². The van der Waals surface area contributed by atoms with Crippen LogP contribution >= 0.6 is 0 Å². The number of carbonyl (C=O) groups is 2. The molecular formula is C20H15NO2. The average molecular weight is 301 g/mol. The van der Waals surface area contributed by atoms with Gasteiger partial charge in [-0.25, -0.2) is 0 Å². The molecule has 0 spiro atoms. The van der Waals surface area contributed by atoms with E-state index in [1.165, 1.54) is 6.92 Å². The lowest BCUT2D eigenvalue weighted by molar-refractivity contribution is -0.114. The molecule has 1 amide bonds. The van der Waals surface area contributed by atoms with Gasteiger partial charge in [0.2, 0.25) is 5.91 Å². The number of carbonyl (C=O) groups excluding carboxylic acids is 2. The van der Waals surface area contributed by atoms with E-state index in [0.717, 1.165) is 37.7 Å². The Morgan fingerprint density at radius 1 is 0.957 bits per heavy atom. The summed E-state index contributed by atoms with van der Waals surface area (Å²) in [5, 5.41) is 9.41. The molecule has 23 heavy (non-hydrogen) atoms. The quantitative estimate of drug-likeness (QED) is 0.702. The van der Waals surface area contributed by atoms with Crippen molar-refractivity contribution >= 4 is 51.1 Å². The third kappa shape index (κ3) is 2.40. The molecule has 3 heteroatoms. The van der Waals surface area contributed by atoms with Gasteiger partial charge in [-0.05, 0) is 62.3 Å². The van der Waals surface area contributed by atoms with Crippen LogP contribution in [-0.4, -0.2) is 11.7 Å². The number of anilines is 1. The molecule has 4 rings (SSSR count). The molecule has 3 nitrogen and oxygen atoms in total. The van der Waals surface area contributed by atoms with Gasteiger partial charge in [-0.2, -0.15) is 0 Å². The Morgan fingerprint density at radius 2 is 1.74 bits per heavy atom. The zero-order valence-electron chi connectivity index (χ0n) is 12.7.